The third-order valence-corrected chi connectivity index (χ3v) is 0.865. The quantitative estimate of drug-likeness (QED) is 0.460. The summed E-state index contributed by atoms with van der Waals surface area (Å²) in [5.74, 6) is 0.638. The Kier molecular flexibility index (Phi) is 14.5. The van der Waals surface area contributed by atoms with Crippen LogP contribution in [-0.4, -0.2) is 0 Å². The maximum Gasteiger partial charge on any atom is -0.0287 e. The van der Waals surface area contributed by atoms with Crippen molar-refractivity contribution < 1.29 is 0 Å². The van der Waals surface area contributed by atoms with E-state index in [0.717, 1.165) is 0 Å². The van der Waals surface area contributed by atoms with Crippen LogP contribution in [0.4, 0.5) is 0 Å². The highest BCUT2D eigenvalue weighted by atomic mass is 32.1. The second-order valence-electron chi connectivity index (χ2n) is 1.97. The van der Waals surface area contributed by atoms with Gasteiger partial charge in [-0.2, -0.15) is 12.6 Å². The minimum atomic E-state index is 0.638. The summed E-state index contributed by atoms with van der Waals surface area (Å²) >= 11 is 3.89. The van der Waals surface area contributed by atoms with E-state index >= 15 is 0 Å². The number of hydrogen-bond acceptors (Lipinski definition) is 1. The van der Waals surface area contributed by atoms with Crippen LogP contribution in [-0.2, 0) is 0 Å². The molecular weight excluding hydrogens is 140 g/mol. The van der Waals surface area contributed by atoms with Gasteiger partial charge in [-0.25, -0.2) is 0 Å². The molecule has 0 saturated carbocycles. The molecule has 0 heterocycles. The molecule has 0 saturated heterocycles. The average molecular weight is 158 g/mol. The molecule has 0 aliphatic rings. The smallest absolute Gasteiger partial charge is 0.0287 e. The first-order chi connectivity index (χ1) is 4.77. The van der Waals surface area contributed by atoms with E-state index in [0.29, 0.717) is 5.92 Å². The van der Waals surface area contributed by atoms with Crippen molar-refractivity contribution in [2.24, 2.45) is 5.92 Å². The standard InChI is InChI=1S/C7H12S.C2H6/c1-7(2)5-3-4-6-8;1-2/h3-8H,1-2H3;1-2H3/b5-3-,6-4-;. The third kappa shape index (κ3) is 15.7. The largest absolute Gasteiger partial charge is 0.151 e. The molecule has 0 rings (SSSR count). The lowest BCUT2D eigenvalue weighted by Crippen LogP contribution is -1.73. The first-order valence-corrected chi connectivity index (χ1v) is 4.26. The van der Waals surface area contributed by atoms with Crippen LogP contribution in [0.2, 0.25) is 0 Å². The average Bonchev–Trinajstić information content (AvgIpc) is 1.92. The highest BCUT2D eigenvalue weighted by Gasteiger charge is 1.77. The van der Waals surface area contributed by atoms with Gasteiger partial charge in [-0.05, 0) is 11.3 Å². The molecular formula is C9H18S. The zero-order chi connectivity index (χ0) is 8.41. The minimum absolute atomic E-state index is 0.638. The van der Waals surface area contributed by atoms with Crippen molar-refractivity contribution in [2.45, 2.75) is 27.7 Å². The molecule has 0 unspecified atom stereocenters. The number of thiol groups is 1. The van der Waals surface area contributed by atoms with E-state index in [1.807, 2.05) is 26.0 Å². The lowest BCUT2D eigenvalue weighted by molar-refractivity contribution is 0.832. The summed E-state index contributed by atoms with van der Waals surface area (Å²) < 4.78 is 0. The zero-order valence-corrected chi connectivity index (χ0v) is 8.23. The molecule has 0 spiro atoms. The predicted molar refractivity (Wildman–Crippen MR) is 53.5 cm³/mol. The van der Waals surface area contributed by atoms with Crippen molar-refractivity contribution in [3.05, 3.63) is 23.6 Å². The minimum Gasteiger partial charge on any atom is -0.151 e. The molecule has 0 atom stereocenters. The van der Waals surface area contributed by atoms with E-state index in [9.17, 15) is 0 Å². The van der Waals surface area contributed by atoms with Gasteiger partial charge in [0.15, 0.2) is 0 Å². The normalized spacial score (nSPS) is 10.6. The Morgan fingerprint density at radius 2 is 1.60 bits per heavy atom. The second kappa shape index (κ2) is 11.6. The van der Waals surface area contributed by atoms with E-state index in [4.69, 9.17) is 0 Å². The molecule has 0 nitrogen and oxygen atoms in total. The first-order valence-electron chi connectivity index (χ1n) is 3.75. The third-order valence-electron chi connectivity index (χ3n) is 0.693. The van der Waals surface area contributed by atoms with Crippen molar-refractivity contribution >= 4 is 12.6 Å². The Labute approximate surface area is 70.4 Å². The summed E-state index contributed by atoms with van der Waals surface area (Å²) in [6.45, 7) is 8.28. The van der Waals surface area contributed by atoms with Crippen LogP contribution in [0.15, 0.2) is 23.6 Å². The SMILES string of the molecule is CC.CC(C)/C=C\C=C/S. The van der Waals surface area contributed by atoms with Crippen molar-refractivity contribution in [1.29, 1.82) is 0 Å². The zero-order valence-electron chi connectivity index (χ0n) is 7.33. The molecule has 0 radical (unpaired) electrons. The van der Waals surface area contributed by atoms with E-state index in [1.165, 1.54) is 0 Å². The Balaban J connectivity index is 0. The van der Waals surface area contributed by atoms with Gasteiger partial charge in [0.05, 0.1) is 0 Å². The maximum absolute atomic E-state index is 3.89. The molecule has 0 bridgehead atoms. The van der Waals surface area contributed by atoms with Crippen molar-refractivity contribution in [1.82, 2.24) is 0 Å². The molecule has 0 N–H and O–H groups in total. The Hall–Kier alpha value is -0.170. The molecule has 0 aromatic carbocycles. The van der Waals surface area contributed by atoms with Crippen LogP contribution in [0.3, 0.4) is 0 Å². The fraction of sp³-hybridized carbons (Fsp3) is 0.556. The van der Waals surface area contributed by atoms with Gasteiger partial charge in [0.2, 0.25) is 0 Å². The van der Waals surface area contributed by atoms with Gasteiger partial charge in [0, 0.05) is 0 Å². The van der Waals surface area contributed by atoms with Crippen LogP contribution in [0.5, 0.6) is 0 Å². The van der Waals surface area contributed by atoms with Gasteiger partial charge in [0.25, 0.3) is 0 Å². The topological polar surface area (TPSA) is 0 Å². The molecule has 0 aromatic rings. The van der Waals surface area contributed by atoms with Gasteiger partial charge in [-0.15, -0.1) is 0 Å². The number of rotatable bonds is 2. The lowest BCUT2D eigenvalue weighted by atomic mass is 10.2. The van der Waals surface area contributed by atoms with E-state index in [1.54, 1.807) is 5.41 Å². The second-order valence-corrected chi connectivity index (χ2v) is 2.27. The summed E-state index contributed by atoms with van der Waals surface area (Å²) in [4.78, 5) is 0. The van der Waals surface area contributed by atoms with Gasteiger partial charge in [0.1, 0.15) is 0 Å². The summed E-state index contributed by atoms with van der Waals surface area (Å²) in [6.07, 6.45) is 6.02. The highest BCUT2D eigenvalue weighted by Crippen LogP contribution is 1.93. The summed E-state index contributed by atoms with van der Waals surface area (Å²) in [5, 5.41) is 1.72. The van der Waals surface area contributed by atoms with Crippen LogP contribution >= 0.6 is 12.6 Å². The lowest BCUT2D eigenvalue weighted by Gasteiger charge is -1.87. The predicted octanol–water partition coefficient (Wildman–Crippen LogP) is 3.67. The number of allylic oxidation sites excluding steroid dienone is 3. The van der Waals surface area contributed by atoms with Crippen LogP contribution in [0.25, 0.3) is 0 Å². The van der Waals surface area contributed by atoms with Crippen molar-refractivity contribution in [3.63, 3.8) is 0 Å². The molecule has 0 amide bonds. The molecule has 0 fully saturated rings. The van der Waals surface area contributed by atoms with E-state index < -0.39 is 0 Å². The fourth-order valence-corrected chi connectivity index (χ4v) is 0.435. The Morgan fingerprint density at radius 1 is 1.10 bits per heavy atom. The van der Waals surface area contributed by atoms with Crippen LogP contribution in [0, 0.1) is 5.92 Å². The molecule has 1 heteroatoms. The van der Waals surface area contributed by atoms with Crippen LogP contribution < -0.4 is 0 Å². The summed E-state index contributed by atoms with van der Waals surface area (Å²) in [7, 11) is 0. The molecule has 10 heavy (non-hydrogen) atoms. The van der Waals surface area contributed by atoms with Crippen molar-refractivity contribution in [2.75, 3.05) is 0 Å². The maximum atomic E-state index is 3.89. The molecule has 0 aromatic heterocycles. The summed E-state index contributed by atoms with van der Waals surface area (Å²) in [5.41, 5.74) is 0. The van der Waals surface area contributed by atoms with E-state index in [-0.39, 0.29) is 0 Å². The highest BCUT2D eigenvalue weighted by molar-refractivity contribution is 7.83. The molecule has 0 aliphatic carbocycles. The monoisotopic (exact) mass is 158 g/mol. The van der Waals surface area contributed by atoms with Crippen LogP contribution in [0.1, 0.15) is 27.7 Å². The Bertz CT molecular complexity index is 90.9. The van der Waals surface area contributed by atoms with E-state index in [2.05, 4.69) is 32.6 Å². The van der Waals surface area contributed by atoms with Crippen molar-refractivity contribution in [3.8, 4) is 0 Å². The summed E-state index contributed by atoms with van der Waals surface area (Å²) in [6, 6.07) is 0. The van der Waals surface area contributed by atoms with Gasteiger partial charge in [-0.1, -0.05) is 45.9 Å². The molecule has 0 aliphatic heterocycles. The van der Waals surface area contributed by atoms with Gasteiger partial charge >= 0.3 is 0 Å². The van der Waals surface area contributed by atoms with Gasteiger partial charge in [-0.3, -0.25) is 0 Å². The first kappa shape index (κ1) is 12.5. The molecule has 60 valence electrons. The Morgan fingerprint density at radius 3 is 1.90 bits per heavy atom. The number of hydrogen-bond donors (Lipinski definition) is 1. The van der Waals surface area contributed by atoms with Gasteiger partial charge < -0.3 is 0 Å². The fourth-order valence-electron chi connectivity index (χ4n) is 0.336.